The number of hydrogen-bond donors (Lipinski definition) is 3. The SMILES string of the molecule is CC(C)(CCC(=O)O)NC(=O)Nc1ccc(OC2CCCC2)nc1. The molecule has 1 heterocycles. The number of ether oxygens (including phenoxy) is 1. The van der Waals surface area contributed by atoms with Crippen LogP contribution < -0.4 is 15.4 Å². The Bertz CT molecular complexity index is 566. The molecule has 1 aliphatic rings. The van der Waals surface area contributed by atoms with Gasteiger partial charge in [-0.15, -0.1) is 0 Å². The van der Waals surface area contributed by atoms with Gasteiger partial charge in [-0.05, 0) is 52.0 Å². The van der Waals surface area contributed by atoms with Crippen molar-refractivity contribution >= 4 is 17.7 Å². The Morgan fingerprint density at radius 2 is 2.04 bits per heavy atom. The molecule has 2 rings (SSSR count). The Hall–Kier alpha value is -2.31. The number of anilines is 1. The van der Waals surface area contributed by atoms with Crippen LogP contribution in [0.1, 0.15) is 52.4 Å². The molecule has 1 aromatic rings. The molecule has 1 fully saturated rings. The molecule has 0 spiro atoms. The molecule has 0 aromatic carbocycles. The maximum atomic E-state index is 12.0. The van der Waals surface area contributed by atoms with Crippen LogP contribution in [0.5, 0.6) is 5.88 Å². The van der Waals surface area contributed by atoms with Crippen LogP contribution in [-0.2, 0) is 4.79 Å². The molecule has 2 amide bonds. The topological polar surface area (TPSA) is 101 Å². The molecule has 1 aromatic heterocycles. The zero-order valence-corrected chi connectivity index (χ0v) is 14.2. The number of urea groups is 1. The van der Waals surface area contributed by atoms with Gasteiger partial charge in [0.15, 0.2) is 0 Å². The lowest BCUT2D eigenvalue weighted by molar-refractivity contribution is -0.137. The normalized spacial score (nSPS) is 15.1. The number of carbonyl (C=O) groups is 2. The number of hydrogen-bond acceptors (Lipinski definition) is 4. The predicted octanol–water partition coefficient (Wildman–Crippen LogP) is 3.17. The highest BCUT2D eigenvalue weighted by atomic mass is 16.5. The average molecular weight is 335 g/mol. The van der Waals surface area contributed by atoms with E-state index < -0.39 is 17.5 Å². The summed E-state index contributed by atoms with van der Waals surface area (Å²) in [7, 11) is 0. The molecule has 0 radical (unpaired) electrons. The summed E-state index contributed by atoms with van der Waals surface area (Å²) in [6.07, 6.45) is 6.67. The molecule has 7 nitrogen and oxygen atoms in total. The van der Waals surface area contributed by atoms with E-state index in [1.54, 1.807) is 32.2 Å². The zero-order valence-electron chi connectivity index (χ0n) is 14.2. The number of amides is 2. The number of nitrogens with zero attached hydrogens (tertiary/aromatic N) is 1. The minimum Gasteiger partial charge on any atom is -0.481 e. The van der Waals surface area contributed by atoms with E-state index in [4.69, 9.17) is 9.84 Å². The minimum atomic E-state index is -0.882. The number of nitrogens with one attached hydrogen (secondary N) is 2. The second kappa shape index (κ2) is 7.99. The van der Waals surface area contributed by atoms with Crippen LogP contribution in [0.25, 0.3) is 0 Å². The summed E-state index contributed by atoms with van der Waals surface area (Å²) >= 11 is 0. The first-order valence-corrected chi connectivity index (χ1v) is 8.28. The van der Waals surface area contributed by atoms with Crippen molar-refractivity contribution in [1.82, 2.24) is 10.3 Å². The quantitative estimate of drug-likeness (QED) is 0.710. The van der Waals surface area contributed by atoms with E-state index in [9.17, 15) is 9.59 Å². The van der Waals surface area contributed by atoms with Gasteiger partial charge in [-0.25, -0.2) is 9.78 Å². The number of rotatable bonds is 7. The molecule has 0 saturated heterocycles. The first-order chi connectivity index (χ1) is 11.3. The number of carboxylic acid groups (broad SMARTS) is 1. The summed E-state index contributed by atoms with van der Waals surface area (Å²) in [4.78, 5) is 26.8. The summed E-state index contributed by atoms with van der Waals surface area (Å²) < 4.78 is 5.78. The fraction of sp³-hybridized carbons (Fsp3) is 0.588. The second-order valence-electron chi connectivity index (χ2n) is 6.77. The molecule has 1 aliphatic carbocycles. The third-order valence-corrected chi connectivity index (χ3v) is 4.00. The zero-order chi connectivity index (χ0) is 17.6. The lowest BCUT2D eigenvalue weighted by Gasteiger charge is -2.25. The van der Waals surface area contributed by atoms with Crippen LogP contribution in [0.4, 0.5) is 10.5 Å². The van der Waals surface area contributed by atoms with Gasteiger partial charge in [0.1, 0.15) is 6.10 Å². The maximum absolute atomic E-state index is 12.0. The molecule has 1 saturated carbocycles. The van der Waals surface area contributed by atoms with Crippen molar-refractivity contribution in [3.8, 4) is 5.88 Å². The van der Waals surface area contributed by atoms with E-state index >= 15 is 0 Å². The monoisotopic (exact) mass is 335 g/mol. The van der Waals surface area contributed by atoms with Crippen molar-refractivity contribution in [2.45, 2.75) is 64.0 Å². The molecular formula is C17H25N3O4. The summed E-state index contributed by atoms with van der Waals surface area (Å²) in [6.45, 7) is 3.57. The number of aromatic nitrogens is 1. The largest absolute Gasteiger partial charge is 0.481 e. The van der Waals surface area contributed by atoms with Gasteiger partial charge < -0.3 is 20.5 Å². The molecule has 0 atom stereocenters. The highest BCUT2D eigenvalue weighted by Crippen LogP contribution is 2.23. The molecule has 24 heavy (non-hydrogen) atoms. The fourth-order valence-corrected chi connectivity index (χ4v) is 2.65. The van der Waals surface area contributed by atoms with Gasteiger partial charge in [0.25, 0.3) is 0 Å². The number of aliphatic carboxylic acids is 1. The smallest absolute Gasteiger partial charge is 0.319 e. The van der Waals surface area contributed by atoms with Crippen molar-refractivity contribution in [2.75, 3.05) is 5.32 Å². The van der Waals surface area contributed by atoms with Gasteiger partial charge in [-0.1, -0.05) is 0 Å². The van der Waals surface area contributed by atoms with Crippen LogP contribution in [0.2, 0.25) is 0 Å². The van der Waals surface area contributed by atoms with E-state index in [1.807, 2.05) is 0 Å². The Labute approximate surface area is 141 Å². The molecule has 132 valence electrons. The molecule has 0 bridgehead atoms. The van der Waals surface area contributed by atoms with E-state index in [-0.39, 0.29) is 12.5 Å². The summed E-state index contributed by atoms with van der Waals surface area (Å²) in [5.41, 5.74) is -0.0539. The highest BCUT2D eigenvalue weighted by Gasteiger charge is 2.21. The first kappa shape index (κ1) is 18.0. The van der Waals surface area contributed by atoms with Crippen LogP contribution >= 0.6 is 0 Å². The summed E-state index contributed by atoms with van der Waals surface area (Å²) in [5.74, 6) is -0.318. The lowest BCUT2D eigenvalue weighted by Crippen LogP contribution is -2.45. The minimum absolute atomic E-state index is 0.00202. The molecule has 3 N–H and O–H groups in total. The third kappa shape index (κ3) is 6.06. The first-order valence-electron chi connectivity index (χ1n) is 8.28. The van der Waals surface area contributed by atoms with Gasteiger partial charge in [0.05, 0.1) is 11.9 Å². The van der Waals surface area contributed by atoms with Crippen molar-refractivity contribution in [3.63, 3.8) is 0 Å². The lowest BCUT2D eigenvalue weighted by atomic mass is 9.99. The molecule has 0 aliphatic heterocycles. The Kier molecular flexibility index (Phi) is 6.00. The predicted molar refractivity (Wildman–Crippen MR) is 90.2 cm³/mol. The summed E-state index contributed by atoms with van der Waals surface area (Å²) in [5, 5.41) is 14.2. The maximum Gasteiger partial charge on any atom is 0.319 e. The van der Waals surface area contributed by atoms with Crippen molar-refractivity contribution < 1.29 is 19.4 Å². The van der Waals surface area contributed by atoms with E-state index in [2.05, 4.69) is 15.6 Å². The van der Waals surface area contributed by atoms with Gasteiger partial charge in [-0.3, -0.25) is 4.79 Å². The third-order valence-electron chi connectivity index (χ3n) is 4.00. The Morgan fingerprint density at radius 3 is 2.62 bits per heavy atom. The standard InChI is InChI=1S/C17H25N3O4/c1-17(2,10-9-15(21)22)20-16(23)19-12-7-8-14(18-11-12)24-13-5-3-4-6-13/h7-8,11,13H,3-6,9-10H2,1-2H3,(H,21,22)(H2,19,20,23). The van der Waals surface area contributed by atoms with Crippen molar-refractivity contribution in [1.29, 1.82) is 0 Å². The van der Waals surface area contributed by atoms with E-state index in [0.717, 1.165) is 12.8 Å². The van der Waals surface area contributed by atoms with Crippen molar-refractivity contribution in [2.24, 2.45) is 0 Å². The number of carbonyl (C=O) groups excluding carboxylic acids is 1. The van der Waals surface area contributed by atoms with Gasteiger partial charge in [0, 0.05) is 18.0 Å². The molecular weight excluding hydrogens is 310 g/mol. The highest BCUT2D eigenvalue weighted by molar-refractivity contribution is 5.89. The van der Waals surface area contributed by atoms with Crippen LogP contribution in [-0.4, -0.2) is 33.7 Å². The fourth-order valence-electron chi connectivity index (χ4n) is 2.65. The van der Waals surface area contributed by atoms with Gasteiger partial charge in [-0.2, -0.15) is 0 Å². The average Bonchev–Trinajstić information content (AvgIpc) is 3.00. The van der Waals surface area contributed by atoms with Crippen molar-refractivity contribution in [3.05, 3.63) is 18.3 Å². The van der Waals surface area contributed by atoms with E-state index in [1.165, 1.54) is 12.8 Å². The second-order valence-corrected chi connectivity index (χ2v) is 6.77. The molecule has 0 unspecified atom stereocenters. The van der Waals surface area contributed by atoms with Crippen LogP contribution in [0.3, 0.4) is 0 Å². The van der Waals surface area contributed by atoms with Crippen LogP contribution in [0, 0.1) is 0 Å². The number of pyridine rings is 1. The Balaban J connectivity index is 1.81. The van der Waals surface area contributed by atoms with Gasteiger partial charge >= 0.3 is 12.0 Å². The molecule has 7 heteroatoms. The Morgan fingerprint density at radius 1 is 1.33 bits per heavy atom. The number of carboxylic acids is 1. The van der Waals surface area contributed by atoms with Crippen LogP contribution in [0.15, 0.2) is 18.3 Å². The van der Waals surface area contributed by atoms with Gasteiger partial charge in [0.2, 0.25) is 5.88 Å². The summed E-state index contributed by atoms with van der Waals surface area (Å²) in [6, 6.07) is 3.08. The van der Waals surface area contributed by atoms with E-state index in [0.29, 0.717) is 18.0 Å².